The summed E-state index contributed by atoms with van der Waals surface area (Å²) in [6.07, 6.45) is 1.31. The zero-order chi connectivity index (χ0) is 51.3. The number of benzene rings is 7. The molecule has 0 aliphatic carbocycles. The molecule has 0 saturated carbocycles. The van der Waals surface area contributed by atoms with Gasteiger partial charge in [-0.05, 0) is 121 Å². The van der Waals surface area contributed by atoms with Crippen LogP contribution in [0.1, 0.15) is 56.0 Å². The number of aryl methyl sites for hydroxylation is 1. The van der Waals surface area contributed by atoms with Crippen LogP contribution in [0.25, 0.3) is 27.9 Å². The average Bonchev–Trinajstić information content (AvgIpc) is 3.83. The molecule has 2 N–H and O–H groups in total. The fraction of sp³-hybridized carbons (Fsp3) is 0.228. The number of methoxy groups -OCH3 is 5. The summed E-state index contributed by atoms with van der Waals surface area (Å²) < 4.78 is 56.9. The van der Waals surface area contributed by atoms with Crippen LogP contribution in [0.15, 0.2) is 133 Å². The van der Waals surface area contributed by atoms with E-state index in [2.05, 4.69) is 10.3 Å². The van der Waals surface area contributed by atoms with Crippen molar-refractivity contribution in [2.75, 3.05) is 55.0 Å². The molecular weight excluding hydrogens is 919 g/mol. The van der Waals surface area contributed by atoms with E-state index < -0.39 is 23.1 Å². The minimum absolute atomic E-state index is 0.220. The maximum absolute atomic E-state index is 12.7. The Labute approximate surface area is 418 Å². The molecule has 3 unspecified atom stereocenters. The van der Waals surface area contributed by atoms with Crippen LogP contribution in [0, 0.1) is 20.8 Å². The number of hydrogen-bond donors (Lipinski definition) is 3. The largest absolute Gasteiger partial charge is 0.508 e. The van der Waals surface area contributed by atoms with Crippen molar-refractivity contribution in [1.29, 1.82) is 1.12 Å². The van der Waals surface area contributed by atoms with E-state index in [4.69, 9.17) is 34.3 Å². The van der Waals surface area contributed by atoms with E-state index in [-0.39, 0.29) is 12.4 Å². The molecule has 3 atom stereocenters. The van der Waals surface area contributed by atoms with Gasteiger partial charge in [-0.15, -0.1) is 5.10 Å². The second kappa shape index (κ2) is 21.5. The SMILES string of the molecule is COc1ccc(C2=C(c3ccc(OC)c(OC)c3)COc3c2ccc(O)c3C)cc1.COc1ccc(C2COc3c(ccc(-n4nnc5ccccc54)c3C)C2(O)c2ccc(C)cc2)cc1OC.[2H]S(C)=O. The van der Waals surface area contributed by atoms with Gasteiger partial charge in [-0.1, -0.05) is 71.4 Å². The first-order valence-electron chi connectivity index (χ1n) is 23.2. The van der Waals surface area contributed by atoms with Crippen molar-refractivity contribution in [2.24, 2.45) is 0 Å². The van der Waals surface area contributed by atoms with Crippen LogP contribution in [0.3, 0.4) is 0 Å². The number of nitrogens with zero attached hydrogens (tertiary/aromatic N) is 3. The van der Waals surface area contributed by atoms with E-state index in [9.17, 15) is 14.4 Å². The number of thiol groups is 1. The quantitative estimate of drug-likeness (QED) is 0.112. The summed E-state index contributed by atoms with van der Waals surface area (Å²) in [6.45, 7) is 6.54. The highest BCUT2D eigenvalue weighted by Crippen LogP contribution is 2.52. The number of ether oxygens (including phenoxy) is 7. The van der Waals surface area contributed by atoms with E-state index in [0.29, 0.717) is 46.7 Å². The number of aliphatic hydroxyl groups is 1. The van der Waals surface area contributed by atoms with Crippen molar-refractivity contribution >= 4 is 33.7 Å². The molecule has 10 rings (SSSR count). The molecule has 2 aliphatic rings. The Morgan fingerprint density at radius 1 is 0.704 bits per heavy atom. The van der Waals surface area contributed by atoms with Gasteiger partial charge in [0.25, 0.3) is 0 Å². The molecule has 366 valence electrons. The Kier molecular flexibility index (Phi) is 14.6. The van der Waals surface area contributed by atoms with Crippen LogP contribution < -0.4 is 33.2 Å². The van der Waals surface area contributed by atoms with Gasteiger partial charge in [-0.3, -0.25) is 4.21 Å². The lowest BCUT2D eigenvalue weighted by atomic mass is 9.71. The number of aromatic nitrogens is 3. The molecule has 2 aliphatic heterocycles. The van der Waals surface area contributed by atoms with E-state index in [1.165, 1.54) is 6.26 Å². The third kappa shape index (κ3) is 9.48. The first-order valence-corrected chi connectivity index (χ1v) is 23.9. The number of hydrogen-bond acceptors (Lipinski definition) is 12. The first kappa shape index (κ1) is 48.2. The third-order valence-corrected chi connectivity index (χ3v) is 13.0. The summed E-state index contributed by atoms with van der Waals surface area (Å²) in [5.41, 5.74) is 11.4. The predicted octanol–water partition coefficient (Wildman–Crippen LogP) is 10.1. The van der Waals surface area contributed by atoms with Crippen molar-refractivity contribution in [1.82, 2.24) is 15.0 Å². The summed E-state index contributed by atoms with van der Waals surface area (Å²) in [5.74, 6) is 4.54. The van der Waals surface area contributed by atoms with Crippen LogP contribution >= 0.6 is 0 Å². The van der Waals surface area contributed by atoms with Gasteiger partial charge in [0, 0.05) is 45.7 Å². The van der Waals surface area contributed by atoms with E-state index in [1.807, 2.05) is 153 Å². The Bertz CT molecular complexity index is 3300. The third-order valence-electron chi connectivity index (χ3n) is 13.0. The molecule has 0 saturated heterocycles. The molecule has 71 heavy (non-hydrogen) atoms. The second-order valence-electron chi connectivity index (χ2n) is 16.9. The maximum atomic E-state index is 12.7. The van der Waals surface area contributed by atoms with Gasteiger partial charge in [-0.25, -0.2) is 4.68 Å². The lowest BCUT2D eigenvalue weighted by Gasteiger charge is -2.42. The smallest absolute Gasteiger partial charge is 0.161 e. The topological polar surface area (TPSA) is 153 Å². The Morgan fingerprint density at radius 3 is 2.03 bits per heavy atom. The Hall–Kier alpha value is -7.81. The summed E-state index contributed by atoms with van der Waals surface area (Å²) in [5, 5.41) is 31.6. The van der Waals surface area contributed by atoms with Crippen molar-refractivity contribution < 1.29 is 47.6 Å². The van der Waals surface area contributed by atoms with Crippen molar-refractivity contribution in [3.63, 3.8) is 0 Å². The number of phenols is 1. The normalized spacial score (nSPS) is 16.3. The number of rotatable bonds is 10. The van der Waals surface area contributed by atoms with E-state index >= 15 is 0 Å². The fourth-order valence-electron chi connectivity index (χ4n) is 9.27. The zero-order valence-electron chi connectivity index (χ0n) is 42.1. The number of phenolic OH excluding ortho intramolecular Hbond substituents is 1. The molecule has 3 heterocycles. The van der Waals surface area contributed by atoms with Crippen LogP contribution in [0.2, 0.25) is 0 Å². The minimum atomic E-state index is -1.36. The zero-order valence-corrected chi connectivity index (χ0v) is 41.9. The van der Waals surface area contributed by atoms with Crippen molar-refractivity contribution in [3.05, 3.63) is 184 Å². The van der Waals surface area contributed by atoms with Crippen LogP contribution in [0.5, 0.6) is 46.0 Å². The number of para-hydroxylation sites is 1. The second-order valence-corrected chi connectivity index (χ2v) is 17.2. The molecule has 1 aromatic heterocycles. The van der Waals surface area contributed by atoms with E-state index in [0.717, 1.165) is 78.1 Å². The monoisotopic (exact) mass is 976 g/mol. The molecule has 0 fully saturated rings. The molecule has 14 heteroatoms. The summed E-state index contributed by atoms with van der Waals surface area (Å²) in [4.78, 5) is 0. The van der Waals surface area contributed by atoms with Crippen LogP contribution in [-0.4, -0.2) is 85.6 Å². The highest BCUT2D eigenvalue weighted by molar-refractivity contribution is 7.64. The van der Waals surface area contributed by atoms with Gasteiger partial charge in [0.2, 0.25) is 0 Å². The van der Waals surface area contributed by atoms with Gasteiger partial charge in [-0.2, -0.15) is 0 Å². The van der Waals surface area contributed by atoms with Gasteiger partial charge in [0.05, 0.1) is 59.3 Å². The molecule has 7 aromatic carbocycles. The van der Waals surface area contributed by atoms with E-state index in [1.54, 1.807) is 41.6 Å². The number of fused-ring (bicyclic) bond motifs is 3. The highest BCUT2D eigenvalue weighted by atomic mass is 32.1. The molecule has 0 amide bonds. The molecular formula is C57H57N3O10S. The molecule has 0 radical (unpaired) electrons. The summed E-state index contributed by atoms with van der Waals surface area (Å²) in [6, 6.07) is 43.0. The minimum Gasteiger partial charge on any atom is -0.508 e. The molecule has 0 spiro atoms. The first-order chi connectivity index (χ1) is 34.7. The van der Waals surface area contributed by atoms with Gasteiger partial charge < -0.3 is 43.4 Å². The van der Waals surface area contributed by atoms with Gasteiger partial charge >= 0.3 is 0 Å². The Morgan fingerprint density at radius 2 is 1.35 bits per heavy atom. The Balaban J connectivity index is 0.000000184. The molecule has 8 aromatic rings. The van der Waals surface area contributed by atoms with Gasteiger partial charge in [0.1, 0.15) is 41.8 Å². The van der Waals surface area contributed by atoms with Crippen LogP contribution in [-0.2, 0) is 17.2 Å². The standard InChI is InChI=1S/C31H29N3O4.C25H24O5.CH4OS/c1-19-9-12-22(13-10-19)31(35)23-14-15-26(34-27-8-6-5-7-25(27)32-33-34)20(2)30(23)38-18-24(31)21-11-16-28(36-3)29(17-21)37-4;1-15-21(26)11-10-19-24(16-5-8-18(27-2)9-6-16)20(14-30-25(15)19)17-7-12-22(28-3)23(13-17)29-4;1-3-2/h5-17,24,35H,18H2,1-4H3;5-13,26H,14H2,1-4H3;3H,1H3/i;;3D. The summed E-state index contributed by atoms with van der Waals surface area (Å²) >= 11 is -1.36. The van der Waals surface area contributed by atoms with Crippen molar-refractivity contribution in [3.8, 4) is 51.7 Å². The highest BCUT2D eigenvalue weighted by Gasteiger charge is 2.47. The van der Waals surface area contributed by atoms with Crippen molar-refractivity contribution in [2.45, 2.75) is 32.3 Å². The van der Waals surface area contributed by atoms with Crippen LogP contribution in [0.4, 0.5) is 0 Å². The average molecular weight is 977 g/mol. The fourth-order valence-corrected chi connectivity index (χ4v) is 9.27. The van der Waals surface area contributed by atoms with Gasteiger partial charge in [0.15, 0.2) is 23.0 Å². The predicted molar refractivity (Wildman–Crippen MR) is 278 cm³/mol. The maximum Gasteiger partial charge on any atom is 0.161 e. The summed E-state index contributed by atoms with van der Waals surface area (Å²) in [7, 11) is 8.12. The lowest BCUT2D eigenvalue weighted by Crippen LogP contribution is -2.42. The molecule has 0 bridgehead atoms. The number of aromatic hydroxyl groups is 1. The lowest BCUT2D eigenvalue weighted by molar-refractivity contribution is 0.0103. The molecule has 13 nitrogen and oxygen atoms in total.